The fourth-order valence-corrected chi connectivity index (χ4v) is 0.707. The van der Waals surface area contributed by atoms with E-state index in [1.807, 2.05) is 6.92 Å². The first-order valence-electron chi connectivity index (χ1n) is 4.80. The molecule has 0 unspecified atom stereocenters. The van der Waals surface area contributed by atoms with Gasteiger partial charge in [0.25, 0.3) is 0 Å². The van der Waals surface area contributed by atoms with Crippen molar-refractivity contribution < 1.29 is 9.53 Å². The summed E-state index contributed by atoms with van der Waals surface area (Å²) in [7, 11) is 0. The quantitative estimate of drug-likeness (QED) is 0.551. The Morgan fingerprint density at radius 1 is 1.36 bits per heavy atom. The van der Waals surface area contributed by atoms with E-state index < -0.39 is 0 Å². The first kappa shape index (κ1) is 15.9. The van der Waals surface area contributed by atoms with Gasteiger partial charge in [-0.2, -0.15) is 0 Å². The maximum Gasteiger partial charge on any atom is 0.221 e. The Morgan fingerprint density at radius 2 is 1.93 bits per heavy atom. The third kappa shape index (κ3) is 11.4. The summed E-state index contributed by atoms with van der Waals surface area (Å²) in [5, 5.41) is 2.66. The van der Waals surface area contributed by atoms with Crippen molar-refractivity contribution in [2.45, 2.75) is 48.0 Å². The van der Waals surface area contributed by atoms with Gasteiger partial charge >= 0.3 is 0 Å². The molecule has 0 aliphatic rings. The predicted octanol–water partition coefficient (Wildman–Crippen LogP) is 2.56. The van der Waals surface area contributed by atoms with E-state index in [1.54, 1.807) is 0 Å². The zero-order valence-corrected chi connectivity index (χ0v) is 9.14. The van der Waals surface area contributed by atoms with Crippen LogP contribution in [0, 0.1) is 5.41 Å². The Kier molecular flexibility index (Phi) is 8.85. The molecule has 1 amide bonds. The Labute approximate surface area is 88.2 Å². The molecule has 0 atom stereocenters. The van der Waals surface area contributed by atoms with Crippen LogP contribution in [0.1, 0.15) is 48.0 Å². The van der Waals surface area contributed by atoms with E-state index >= 15 is 0 Å². The van der Waals surface area contributed by atoms with Gasteiger partial charge in [-0.05, 0) is 11.8 Å². The highest BCUT2D eigenvalue weighted by Gasteiger charge is 2.08. The Bertz CT molecular complexity index is 150. The number of hydrogen-bond donors (Lipinski definition) is 1. The van der Waals surface area contributed by atoms with Gasteiger partial charge in [0.05, 0.1) is 0 Å². The molecule has 0 aliphatic carbocycles. The molecule has 0 rings (SSSR count). The summed E-state index contributed by atoms with van der Waals surface area (Å²) >= 11 is 0. The number of nitrogens with one attached hydrogen (secondary N) is 1. The van der Waals surface area contributed by atoms with Crippen LogP contribution in [0.15, 0.2) is 0 Å². The lowest BCUT2D eigenvalue weighted by molar-refractivity contribution is -0.122. The van der Waals surface area contributed by atoms with Gasteiger partial charge in [0.1, 0.15) is 6.73 Å². The van der Waals surface area contributed by atoms with Crippen molar-refractivity contribution in [2.75, 3.05) is 13.3 Å². The zero-order chi connectivity index (χ0) is 10.3. The number of ether oxygens (including phenoxy) is 1. The minimum atomic E-state index is 0. The molecule has 0 aromatic heterocycles. The van der Waals surface area contributed by atoms with Crippen LogP contribution >= 0.6 is 0 Å². The second-order valence-corrected chi connectivity index (χ2v) is 4.32. The molecule has 0 aromatic carbocycles. The lowest BCUT2D eigenvalue weighted by Crippen LogP contribution is -2.25. The maximum absolute atomic E-state index is 10.8. The summed E-state index contributed by atoms with van der Waals surface area (Å²) in [6.45, 7) is 9.36. The van der Waals surface area contributed by atoms with Crippen LogP contribution in [-0.2, 0) is 9.53 Å². The highest BCUT2D eigenvalue weighted by atomic mass is 16.5. The van der Waals surface area contributed by atoms with Crippen molar-refractivity contribution in [1.29, 1.82) is 0 Å². The van der Waals surface area contributed by atoms with Crippen LogP contribution in [0.4, 0.5) is 0 Å². The molecule has 0 aromatic rings. The number of carbonyl (C=O) groups is 1. The van der Waals surface area contributed by atoms with E-state index in [1.165, 1.54) is 0 Å². The molecule has 86 valence electrons. The van der Waals surface area contributed by atoms with Gasteiger partial charge in [-0.25, -0.2) is 0 Å². The van der Waals surface area contributed by atoms with E-state index in [2.05, 4.69) is 26.1 Å². The standard InChI is InChI=1S/C10H21NO2.CH4/c1-5-9(12)11-8-13-7-6-10(2,3)4;/h5-8H2,1-4H3,(H,11,12);1H4. The minimum Gasteiger partial charge on any atom is -0.361 e. The fraction of sp³-hybridized carbons (Fsp3) is 0.909. The number of rotatable bonds is 5. The van der Waals surface area contributed by atoms with Crippen LogP contribution in [0.2, 0.25) is 0 Å². The third-order valence-corrected chi connectivity index (χ3v) is 1.69. The third-order valence-electron chi connectivity index (χ3n) is 1.69. The van der Waals surface area contributed by atoms with E-state index in [0.29, 0.717) is 25.2 Å². The van der Waals surface area contributed by atoms with Crippen LogP contribution < -0.4 is 5.32 Å². The molecule has 0 fully saturated rings. The molecule has 1 N–H and O–H groups in total. The highest BCUT2D eigenvalue weighted by molar-refractivity contribution is 5.75. The maximum atomic E-state index is 10.8. The van der Waals surface area contributed by atoms with Gasteiger partial charge in [0, 0.05) is 13.0 Å². The lowest BCUT2D eigenvalue weighted by Gasteiger charge is -2.17. The molecule has 0 aliphatic heterocycles. The summed E-state index contributed by atoms with van der Waals surface area (Å²) in [5.41, 5.74) is 0.300. The van der Waals surface area contributed by atoms with Gasteiger partial charge in [0.2, 0.25) is 5.91 Å². The molecule has 3 heteroatoms. The SMILES string of the molecule is C.CCC(=O)NCOCCC(C)(C)C. The molecular formula is C11H25NO2. The first-order chi connectivity index (χ1) is 5.95. The van der Waals surface area contributed by atoms with E-state index in [9.17, 15) is 4.79 Å². The van der Waals surface area contributed by atoms with Crippen LogP contribution in [0.5, 0.6) is 0 Å². The zero-order valence-electron chi connectivity index (χ0n) is 9.14. The number of amides is 1. The molecule has 0 saturated carbocycles. The second-order valence-electron chi connectivity index (χ2n) is 4.32. The molecular weight excluding hydrogens is 178 g/mol. The van der Waals surface area contributed by atoms with E-state index in [-0.39, 0.29) is 13.3 Å². The average molecular weight is 203 g/mol. The van der Waals surface area contributed by atoms with E-state index in [4.69, 9.17) is 4.74 Å². The van der Waals surface area contributed by atoms with Crippen molar-refractivity contribution in [3.05, 3.63) is 0 Å². The van der Waals surface area contributed by atoms with Gasteiger partial charge < -0.3 is 10.1 Å². The van der Waals surface area contributed by atoms with Crippen molar-refractivity contribution in [2.24, 2.45) is 5.41 Å². The minimum absolute atomic E-state index is 0. The highest BCUT2D eigenvalue weighted by Crippen LogP contribution is 2.17. The fourth-order valence-electron chi connectivity index (χ4n) is 0.707. The summed E-state index contributed by atoms with van der Waals surface area (Å²) in [4.78, 5) is 10.8. The van der Waals surface area contributed by atoms with Crippen LogP contribution in [0.3, 0.4) is 0 Å². The van der Waals surface area contributed by atoms with Gasteiger partial charge in [-0.15, -0.1) is 0 Å². The summed E-state index contributed by atoms with van der Waals surface area (Å²) in [6, 6.07) is 0. The topological polar surface area (TPSA) is 38.3 Å². The molecule has 0 bridgehead atoms. The summed E-state index contributed by atoms with van der Waals surface area (Å²) in [6.07, 6.45) is 1.53. The average Bonchev–Trinajstić information content (AvgIpc) is 2.01. The van der Waals surface area contributed by atoms with Gasteiger partial charge in [0.15, 0.2) is 0 Å². The Morgan fingerprint density at radius 3 is 2.36 bits per heavy atom. The van der Waals surface area contributed by atoms with Crippen molar-refractivity contribution >= 4 is 5.91 Å². The first-order valence-corrected chi connectivity index (χ1v) is 4.80. The molecule has 3 nitrogen and oxygen atoms in total. The van der Waals surface area contributed by atoms with Gasteiger partial charge in [-0.1, -0.05) is 35.1 Å². The van der Waals surface area contributed by atoms with E-state index in [0.717, 1.165) is 6.42 Å². The van der Waals surface area contributed by atoms with Crippen molar-refractivity contribution in [3.63, 3.8) is 0 Å². The molecule has 0 spiro atoms. The van der Waals surface area contributed by atoms with Crippen LogP contribution in [0.25, 0.3) is 0 Å². The van der Waals surface area contributed by atoms with Crippen molar-refractivity contribution in [3.8, 4) is 0 Å². The van der Waals surface area contributed by atoms with Crippen LogP contribution in [-0.4, -0.2) is 19.2 Å². The van der Waals surface area contributed by atoms with Crippen molar-refractivity contribution in [1.82, 2.24) is 5.32 Å². The monoisotopic (exact) mass is 203 g/mol. The molecule has 0 heterocycles. The number of carbonyl (C=O) groups excluding carboxylic acids is 1. The second kappa shape index (κ2) is 7.80. The largest absolute Gasteiger partial charge is 0.361 e. The Balaban J connectivity index is 0. The van der Waals surface area contributed by atoms with Gasteiger partial charge in [-0.3, -0.25) is 4.79 Å². The normalized spacial score (nSPS) is 10.6. The molecule has 0 radical (unpaired) electrons. The lowest BCUT2D eigenvalue weighted by atomic mass is 9.93. The Hall–Kier alpha value is -0.570. The molecule has 14 heavy (non-hydrogen) atoms. The smallest absolute Gasteiger partial charge is 0.221 e. The molecule has 0 saturated heterocycles. The number of hydrogen-bond acceptors (Lipinski definition) is 2. The predicted molar refractivity (Wildman–Crippen MR) is 60.1 cm³/mol. The summed E-state index contributed by atoms with van der Waals surface area (Å²) < 4.78 is 5.25. The summed E-state index contributed by atoms with van der Waals surface area (Å²) in [5.74, 6) is 0.0377.